The Bertz CT molecular complexity index is 1230. The Labute approximate surface area is 181 Å². The molecule has 2 aromatic heterocycles. The molecule has 0 spiro atoms. The van der Waals surface area contributed by atoms with Crippen molar-refractivity contribution in [3.8, 4) is 11.1 Å². The Morgan fingerprint density at radius 2 is 1.94 bits per heavy atom. The number of rotatable bonds is 4. The van der Waals surface area contributed by atoms with Crippen molar-refractivity contribution in [2.75, 3.05) is 5.75 Å². The maximum Gasteiger partial charge on any atom is 0.250 e. The maximum atomic E-state index is 12.2. The van der Waals surface area contributed by atoms with E-state index in [2.05, 4.69) is 4.98 Å². The molecule has 31 heavy (non-hydrogen) atoms. The van der Waals surface area contributed by atoms with Gasteiger partial charge in [0.1, 0.15) is 0 Å². The average Bonchev–Trinajstić information content (AvgIpc) is 3.44. The normalized spacial score (nSPS) is 21.7. The minimum absolute atomic E-state index is 0.124. The van der Waals surface area contributed by atoms with Gasteiger partial charge in [-0.05, 0) is 53.6 Å². The van der Waals surface area contributed by atoms with E-state index >= 15 is 0 Å². The Kier molecular flexibility index (Phi) is 4.89. The van der Waals surface area contributed by atoms with Gasteiger partial charge in [0.15, 0.2) is 0 Å². The second-order valence-electron chi connectivity index (χ2n) is 8.11. The number of hydrogen-bond donors (Lipinski definition) is 4. The Morgan fingerprint density at radius 3 is 2.65 bits per heavy atom. The van der Waals surface area contributed by atoms with Crippen molar-refractivity contribution >= 4 is 27.4 Å². The summed E-state index contributed by atoms with van der Waals surface area (Å²) < 4.78 is 26.7. The third-order valence-corrected chi connectivity index (χ3v) is 8.49. The molecule has 2 unspecified atom stereocenters. The summed E-state index contributed by atoms with van der Waals surface area (Å²) in [5.41, 5.74) is 10.6. The summed E-state index contributed by atoms with van der Waals surface area (Å²) in [6, 6.07) is 15.4. The fourth-order valence-corrected chi connectivity index (χ4v) is 6.72. The van der Waals surface area contributed by atoms with Gasteiger partial charge < -0.3 is 15.1 Å². The lowest BCUT2D eigenvalue weighted by Crippen LogP contribution is -2.23. The fraction of sp³-hybridized carbons (Fsp3) is 0.208. The molecule has 1 saturated heterocycles. The summed E-state index contributed by atoms with van der Waals surface area (Å²) in [4.78, 5) is 15.4. The summed E-state index contributed by atoms with van der Waals surface area (Å²) in [5.74, 6) is -0.0171. The van der Waals surface area contributed by atoms with Gasteiger partial charge in [-0.15, -0.1) is 0 Å². The van der Waals surface area contributed by atoms with Gasteiger partial charge in [0.2, 0.25) is 0 Å². The molecular weight excluding hydrogens is 412 g/mol. The van der Waals surface area contributed by atoms with Crippen LogP contribution in [0.3, 0.4) is 0 Å². The molecule has 6 nitrogen and oxygen atoms in total. The molecule has 5 N–H and O–H groups in total. The van der Waals surface area contributed by atoms with Crippen molar-refractivity contribution in [1.29, 1.82) is 0 Å². The van der Waals surface area contributed by atoms with Crippen molar-refractivity contribution in [2.24, 2.45) is 5.73 Å². The van der Waals surface area contributed by atoms with Crippen LogP contribution >= 0.6 is 10.6 Å². The van der Waals surface area contributed by atoms with Crippen LogP contribution in [0.2, 0.25) is 0 Å². The van der Waals surface area contributed by atoms with Gasteiger partial charge >= 0.3 is 0 Å². The SMILES string of the molecule is NC(=O)c1cc(-c2ccoc2)cc2c(C3CCS(O)(O)C(c4ccccc4)C3)c[nH]c12. The summed E-state index contributed by atoms with van der Waals surface area (Å²) in [5, 5.41) is 0.618. The lowest BCUT2D eigenvalue weighted by molar-refractivity contribution is 0.100. The van der Waals surface area contributed by atoms with Gasteiger partial charge in [-0.25, -0.2) is 0 Å². The minimum Gasteiger partial charge on any atom is -0.472 e. The highest BCUT2D eigenvalue weighted by Gasteiger charge is 2.36. The highest BCUT2D eigenvalue weighted by Crippen LogP contribution is 2.62. The molecule has 0 bridgehead atoms. The first-order chi connectivity index (χ1) is 14.9. The number of carbonyl (C=O) groups is 1. The number of H-pyrrole nitrogens is 1. The van der Waals surface area contributed by atoms with E-state index in [1.54, 1.807) is 18.6 Å². The number of carbonyl (C=O) groups excluding carboxylic acids is 1. The van der Waals surface area contributed by atoms with Gasteiger partial charge in [-0.2, -0.15) is 10.6 Å². The van der Waals surface area contributed by atoms with Crippen LogP contribution in [-0.2, 0) is 0 Å². The van der Waals surface area contributed by atoms with Gasteiger partial charge in [-0.1, -0.05) is 30.3 Å². The van der Waals surface area contributed by atoms with E-state index in [4.69, 9.17) is 10.2 Å². The van der Waals surface area contributed by atoms with Crippen molar-refractivity contribution in [3.63, 3.8) is 0 Å². The second-order valence-corrected chi connectivity index (χ2v) is 10.5. The zero-order valence-electron chi connectivity index (χ0n) is 16.8. The standard InChI is InChI=1S/C24H24N2O4S/c25-24(27)20-11-18(17-6-8-30-14-17)10-19-21(13-26-23(19)20)16-7-9-31(28,29)22(12-16)15-4-2-1-3-5-15/h1-6,8,10-11,13-14,16,22,26,28-29H,7,9,12H2,(H2,25,27). The molecule has 1 fully saturated rings. The van der Waals surface area contributed by atoms with Gasteiger partial charge in [0, 0.05) is 22.9 Å². The third-order valence-electron chi connectivity index (χ3n) is 6.27. The minimum atomic E-state index is -2.72. The smallest absolute Gasteiger partial charge is 0.250 e. The van der Waals surface area contributed by atoms with E-state index in [1.165, 1.54) is 0 Å². The zero-order valence-corrected chi connectivity index (χ0v) is 17.6. The summed E-state index contributed by atoms with van der Waals surface area (Å²) in [6.45, 7) is 0. The van der Waals surface area contributed by atoms with Gasteiger partial charge in [0.05, 0.1) is 28.9 Å². The third kappa shape index (κ3) is 3.54. The number of nitrogens with one attached hydrogen (secondary N) is 1. The van der Waals surface area contributed by atoms with Gasteiger partial charge in [0.25, 0.3) is 5.91 Å². The lowest BCUT2D eigenvalue weighted by atomic mass is 9.88. The molecule has 1 aliphatic rings. The Hall–Kier alpha value is -3.00. The number of furan rings is 1. The van der Waals surface area contributed by atoms with E-state index in [0.717, 1.165) is 27.6 Å². The Balaban J connectivity index is 1.59. The first-order valence-electron chi connectivity index (χ1n) is 10.2. The Morgan fingerprint density at radius 1 is 1.13 bits per heavy atom. The molecule has 160 valence electrons. The number of aromatic nitrogens is 1. The predicted molar refractivity (Wildman–Crippen MR) is 123 cm³/mol. The van der Waals surface area contributed by atoms with Crippen LogP contribution < -0.4 is 5.73 Å². The van der Waals surface area contributed by atoms with Crippen LogP contribution in [0.5, 0.6) is 0 Å². The molecule has 0 radical (unpaired) electrons. The number of amides is 1. The summed E-state index contributed by atoms with van der Waals surface area (Å²) in [7, 11) is -2.72. The number of primary amides is 1. The number of fused-ring (bicyclic) bond motifs is 1. The lowest BCUT2D eigenvalue weighted by Gasteiger charge is -2.46. The van der Waals surface area contributed by atoms with Crippen molar-refractivity contribution in [1.82, 2.24) is 4.98 Å². The van der Waals surface area contributed by atoms with Crippen molar-refractivity contribution in [3.05, 3.63) is 83.9 Å². The zero-order chi connectivity index (χ0) is 21.6. The van der Waals surface area contributed by atoms with Crippen LogP contribution in [0.1, 0.15) is 45.5 Å². The summed E-state index contributed by atoms with van der Waals surface area (Å²) in [6.07, 6.45) is 6.46. The van der Waals surface area contributed by atoms with Crippen LogP contribution in [0.15, 0.2) is 71.7 Å². The van der Waals surface area contributed by atoms with E-state index in [0.29, 0.717) is 29.7 Å². The van der Waals surface area contributed by atoms with Gasteiger partial charge in [-0.3, -0.25) is 13.9 Å². The maximum absolute atomic E-state index is 12.2. The van der Waals surface area contributed by atoms with Crippen LogP contribution in [-0.4, -0.2) is 25.7 Å². The molecular formula is C24H24N2O4S. The van der Waals surface area contributed by atoms with Crippen LogP contribution in [0, 0.1) is 0 Å². The van der Waals surface area contributed by atoms with E-state index in [-0.39, 0.29) is 11.2 Å². The second kappa shape index (κ2) is 7.60. The molecule has 2 atom stereocenters. The molecule has 5 rings (SSSR count). The molecule has 1 aliphatic heterocycles. The molecule has 0 saturated carbocycles. The fourth-order valence-electron chi connectivity index (χ4n) is 4.67. The number of aromatic amines is 1. The van der Waals surface area contributed by atoms with E-state index in [1.807, 2.05) is 48.7 Å². The van der Waals surface area contributed by atoms with Crippen LogP contribution in [0.4, 0.5) is 0 Å². The number of nitrogens with two attached hydrogens (primary N) is 1. The first-order valence-corrected chi connectivity index (χ1v) is 12.0. The predicted octanol–water partition coefficient (Wildman–Crippen LogP) is 5.90. The molecule has 2 aromatic carbocycles. The molecule has 3 heterocycles. The van der Waals surface area contributed by atoms with Crippen LogP contribution in [0.25, 0.3) is 22.0 Å². The molecule has 1 amide bonds. The molecule has 4 aromatic rings. The van der Waals surface area contributed by atoms with Crippen molar-refractivity contribution in [2.45, 2.75) is 24.0 Å². The summed E-state index contributed by atoms with van der Waals surface area (Å²) >= 11 is 0. The highest BCUT2D eigenvalue weighted by atomic mass is 32.3. The average molecular weight is 437 g/mol. The quantitative estimate of drug-likeness (QED) is 0.319. The van der Waals surface area contributed by atoms with E-state index in [9.17, 15) is 13.9 Å². The topological polar surface area (TPSA) is 112 Å². The largest absolute Gasteiger partial charge is 0.472 e. The van der Waals surface area contributed by atoms with E-state index < -0.39 is 16.5 Å². The monoisotopic (exact) mass is 436 g/mol. The number of hydrogen-bond acceptors (Lipinski definition) is 4. The van der Waals surface area contributed by atoms with Crippen molar-refractivity contribution < 1.29 is 18.3 Å². The molecule has 7 heteroatoms. The molecule has 0 aliphatic carbocycles. The first kappa shape index (κ1) is 19.9. The highest BCUT2D eigenvalue weighted by molar-refractivity contribution is 8.24. The number of benzene rings is 2.